The normalized spacial score (nSPS) is 13.9. The number of alkyl halides is 1. The van der Waals surface area contributed by atoms with Crippen LogP contribution in [0.5, 0.6) is 0 Å². The lowest BCUT2D eigenvalue weighted by atomic mass is 10.4. The predicted octanol–water partition coefficient (Wildman–Crippen LogP) is 2.83. The number of ether oxygens (including phenoxy) is 2. The standard InChI is InChI=1S/C10H14Cl2O3/c1-4-10(12)7(2)14-6-9(5-11)15-8(3)13/h4,9H,1,5-6H2,2-3H3/b10-7-/t9-/m0/s1. The summed E-state index contributed by atoms with van der Waals surface area (Å²) in [6.45, 7) is 6.69. The summed E-state index contributed by atoms with van der Waals surface area (Å²) in [5.74, 6) is 0.313. The summed E-state index contributed by atoms with van der Waals surface area (Å²) < 4.78 is 10.1. The molecule has 0 bridgehead atoms. The van der Waals surface area contributed by atoms with E-state index in [0.717, 1.165) is 0 Å². The molecular formula is C10H14Cl2O3. The second-order valence-corrected chi connectivity index (χ2v) is 3.52. The van der Waals surface area contributed by atoms with E-state index in [1.165, 1.54) is 13.0 Å². The molecule has 1 atom stereocenters. The lowest BCUT2D eigenvalue weighted by Crippen LogP contribution is -2.23. The van der Waals surface area contributed by atoms with E-state index < -0.39 is 6.10 Å². The van der Waals surface area contributed by atoms with Gasteiger partial charge in [-0.3, -0.25) is 4.79 Å². The summed E-state index contributed by atoms with van der Waals surface area (Å²) in [5.41, 5.74) is 0. The zero-order chi connectivity index (χ0) is 11.8. The van der Waals surface area contributed by atoms with Gasteiger partial charge in [0.25, 0.3) is 0 Å². The van der Waals surface area contributed by atoms with Crippen LogP contribution in [0.15, 0.2) is 23.4 Å². The molecule has 0 aliphatic carbocycles. The average molecular weight is 253 g/mol. The number of hydrogen-bond donors (Lipinski definition) is 0. The highest BCUT2D eigenvalue weighted by Crippen LogP contribution is 2.12. The highest BCUT2D eigenvalue weighted by molar-refractivity contribution is 6.31. The van der Waals surface area contributed by atoms with Crippen molar-refractivity contribution in [2.75, 3.05) is 12.5 Å². The monoisotopic (exact) mass is 252 g/mol. The van der Waals surface area contributed by atoms with Gasteiger partial charge in [0.15, 0.2) is 0 Å². The van der Waals surface area contributed by atoms with Crippen molar-refractivity contribution in [2.45, 2.75) is 20.0 Å². The summed E-state index contributed by atoms with van der Waals surface area (Å²) >= 11 is 11.3. The fourth-order valence-electron chi connectivity index (χ4n) is 0.775. The van der Waals surface area contributed by atoms with Crippen molar-refractivity contribution in [2.24, 2.45) is 0 Å². The molecule has 0 unspecified atom stereocenters. The Labute approximate surface area is 99.6 Å². The summed E-state index contributed by atoms with van der Waals surface area (Å²) in [6, 6.07) is 0. The molecule has 0 amide bonds. The van der Waals surface area contributed by atoms with E-state index in [4.69, 9.17) is 32.7 Å². The molecule has 5 heteroatoms. The van der Waals surface area contributed by atoms with Gasteiger partial charge >= 0.3 is 5.97 Å². The van der Waals surface area contributed by atoms with Gasteiger partial charge < -0.3 is 9.47 Å². The number of esters is 1. The molecule has 0 saturated carbocycles. The van der Waals surface area contributed by atoms with Crippen LogP contribution >= 0.6 is 23.2 Å². The molecule has 3 nitrogen and oxygen atoms in total. The van der Waals surface area contributed by atoms with Gasteiger partial charge in [0.05, 0.1) is 10.9 Å². The summed E-state index contributed by atoms with van der Waals surface area (Å²) in [7, 11) is 0. The van der Waals surface area contributed by atoms with E-state index in [1.54, 1.807) is 6.92 Å². The second-order valence-electron chi connectivity index (χ2n) is 2.80. The SMILES string of the molecule is C=C/C(Cl)=C(\C)OC[C@H](CCl)OC(C)=O. The van der Waals surface area contributed by atoms with E-state index in [2.05, 4.69) is 6.58 Å². The zero-order valence-corrected chi connectivity index (χ0v) is 10.3. The van der Waals surface area contributed by atoms with E-state index in [1.807, 2.05) is 0 Å². The third-order valence-electron chi connectivity index (χ3n) is 1.51. The van der Waals surface area contributed by atoms with Gasteiger partial charge in [0.1, 0.15) is 18.5 Å². The summed E-state index contributed by atoms with van der Waals surface area (Å²) in [6.07, 6.45) is 1.01. The van der Waals surface area contributed by atoms with Crippen molar-refractivity contribution in [1.82, 2.24) is 0 Å². The van der Waals surface area contributed by atoms with E-state index >= 15 is 0 Å². The average Bonchev–Trinajstić information content (AvgIpc) is 2.21. The molecule has 0 aromatic carbocycles. The molecule has 0 fully saturated rings. The molecule has 0 aliphatic heterocycles. The van der Waals surface area contributed by atoms with E-state index in [9.17, 15) is 4.79 Å². The first kappa shape index (κ1) is 14.3. The largest absolute Gasteiger partial charge is 0.493 e. The van der Waals surface area contributed by atoms with Crippen molar-refractivity contribution in [3.63, 3.8) is 0 Å². The second kappa shape index (κ2) is 7.60. The Balaban J connectivity index is 4.11. The van der Waals surface area contributed by atoms with Gasteiger partial charge in [-0.25, -0.2) is 0 Å². The Morgan fingerprint density at radius 1 is 1.53 bits per heavy atom. The molecular weight excluding hydrogens is 239 g/mol. The van der Waals surface area contributed by atoms with Gasteiger partial charge in [-0.1, -0.05) is 18.2 Å². The Morgan fingerprint density at radius 2 is 2.13 bits per heavy atom. The van der Waals surface area contributed by atoms with Gasteiger partial charge in [0, 0.05) is 6.92 Å². The first-order valence-corrected chi connectivity index (χ1v) is 5.27. The van der Waals surface area contributed by atoms with Crippen LogP contribution in [-0.4, -0.2) is 24.6 Å². The number of halogens is 2. The topological polar surface area (TPSA) is 35.5 Å². The predicted molar refractivity (Wildman–Crippen MR) is 61.0 cm³/mol. The van der Waals surface area contributed by atoms with Crippen LogP contribution in [0.4, 0.5) is 0 Å². The minimum Gasteiger partial charge on any atom is -0.493 e. The Kier molecular flexibility index (Phi) is 7.26. The van der Waals surface area contributed by atoms with Crippen LogP contribution in [0, 0.1) is 0 Å². The van der Waals surface area contributed by atoms with E-state index in [0.29, 0.717) is 10.8 Å². The van der Waals surface area contributed by atoms with Crippen molar-refractivity contribution in [3.05, 3.63) is 23.4 Å². The van der Waals surface area contributed by atoms with Crippen LogP contribution in [-0.2, 0) is 14.3 Å². The molecule has 0 heterocycles. The third kappa shape index (κ3) is 6.42. The van der Waals surface area contributed by atoms with Crippen LogP contribution < -0.4 is 0 Å². The minimum atomic E-state index is -0.464. The molecule has 0 aromatic heterocycles. The number of rotatable bonds is 6. The van der Waals surface area contributed by atoms with Gasteiger partial charge in [-0.2, -0.15) is 0 Å². The molecule has 0 saturated heterocycles. The minimum absolute atomic E-state index is 0.179. The smallest absolute Gasteiger partial charge is 0.303 e. The Hall–Kier alpha value is -0.670. The molecule has 0 aromatic rings. The Bertz CT molecular complexity index is 261. The number of allylic oxidation sites excluding steroid dienone is 3. The molecule has 0 N–H and O–H groups in total. The zero-order valence-electron chi connectivity index (χ0n) is 8.76. The van der Waals surface area contributed by atoms with Crippen molar-refractivity contribution < 1.29 is 14.3 Å². The van der Waals surface area contributed by atoms with Crippen LogP contribution in [0.25, 0.3) is 0 Å². The molecule has 86 valence electrons. The summed E-state index contributed by atoms with van der Waals surface area (Å²) in [5, 5.41) is 0.422. The number of carbonyl (C=O) groups is 1. The lowest BCUT2D eigenvalue weighted by molar-refractivity contribution is -0.147. The molecule has 0 spiro atoms. The highest BCUT2D eigenvalue weighted by Gasteiger charge is 2.11. The Morgan fingerprint density at radius 3 is 2.53 bits per heavy atom. The van der Waals surface area contributed by atoms with Crippen LogP contribution in [0.2, 0.25) is 0 Å². The number of hydrogen-bond acceptors (Lipinski definition) is 3. The quantitative estimate of drug-likeness (QED) is 0.316. The van der Waals surface area contributed by atoms with Gasteiger partial charge in [0.2, 0.25) is 0 Å². The van der Waals surface area contributed by atoms with Crippen molar-refractivity contribution in [3.8, 4) is 0 Å². The molecule has 0 aliphatic rings. The maximum atomic E-state index is 10.7. The van der Waals surface area contributed by atoms with Crippen molar-refractivity contribution in [1.29, 1.82) is 0 Å². The highest BCUT2D eigenvalue weighted by atomic mass is 35.5. The fourth-order valence-corrected chi connectivity index (χ4v) is 0.982. The van der Waals surface area contributed by atoms with E-state index in [-0.39, 0.29) is 18.5 Å². The molecule has 15 heavy (non-hydrogen) atoms. The molecule has 0 rings (SSSR count). The maximum absolute atomic E-state index is 10.7. The lowest BCUT2D eigenvalue weighted by Gasteiger charge is -2.15. The van der Waals surface area contributed by atoms with Crippen LogP contribution in [0.3, 0.4) is 0 Å². The maximum Gasteiger partial charge on any atom is 0.303 e. The fraction of sp³-hybridized carbons (Fsp3) is 0.500. The van der Waals surface area contributed by atoms with Gasteiger partial charge in [-0.05, 0) is 13.0 Å². The molecule has 0 radical (unpaired) electrons. The third-order valence-corrected chi connectivity index (χ3v) is 2.27. The van der Waals surface area contributed by atoms with Crippen LogP contribution in [0.1, 0.15) is 13.8 Å². The summed E-state index contributed by atoms with van der Waals surface area (Å²) in [4.78, 5) is 10.7. The number of carbonyl (C=O) groups excluding carboxylic acids is 1. The van der Waals surface area contributed by atoms with Gasteiger partial charge in [-0.15, -0.1) is 11.6 Å². The first-order valence-electron chi connectivity index (χ1n) is 4.36. The first-order chi connectivity index (χ1) is 7.01. The van der Waals surface area contributed by atoms with Crippen molar-refractivity contribution >= 4 is 29.2 Å².